The van der Waals surface area contributed by atoms with Crippen LogP contribution in [0.3, 0.4) is 0 Å². The standard InChI is InChI=1S/C12H9FN/c1-9-4-2-7-12(14-9)10-5-3-6-11(13)8-10/h2-8H,1H2. The van der Waals surface area contributed by atoms with Crippen molar-refractivity contribution in [3.05, 3.63) is 60.9 Å². The summed E-state index contributed by atoms with van der Waals surface area (Å²) in [6.45, 7) is 3.72. The molecule has 1 nitrogen and oxygen atoms in total. The molecule has 1 radical (unpaired) electrons. The third-order valence-corrected chi connectivity index (χ3v) is 1.93. The average Bonchev–Trinajstić information content (AvgIpc) is 2.18. The molecule has 0 saturated heterocycles. The van der Waals surface area contributed by atoms with Crippen LogP contribution in [0.2, 0.25) is 0 Å². The average molecular weight is 186 g/mol. The molecular formula is C12H9FN. The van der Waals surface area contributed by atoms with E-state index in [-0.39, 0.29) is 5.82 Å². The lowest BCUT2D eigenvalue weighted by atomic mass is 10.1. The Morgan fingerprint density at radius 3 is 2.57 bits per heavy atom. The first-order chi connectivity index (χ1) is 6.75. The van der Waals surface area contributed by atoms with E-state index >= 15 is 0 Å². The lowest BCUT2D eigenvalue weighted by molar-refractivity contribution is 0.628. The molecule has 0 saturated carbocycles. The summed E-state index contributed by atoms with van der Waals surface area (Å²) in [5.41, 5.74) is 2.21. The molecule has 0 spiro atoms. The molecule has 2 rings (SSSR count). The Balaban J connectivity index is 2.49. The van der Waals surface area contributed by atoms with Crippen molar-refractivity contribution in [2.75, 3.05) is 0 Å². The summed E-state index contributed by atoms with van der Waals surface area (Å²) in [6.07, 6.45) is 0. The van der Waals surface area contributed by atoms with Gasteiger partial charge in [-0.15, -0.1) is 0 Å². The number of pyridine rings is 1. The molecule has 1 aromatic carbocycles. The number of hydrogen-bond donors (Lipinski definition) is 0. The number of nitrogens with zero attached hydrogens (tertiary/aromatic N) is 1. The molecule has 0 fully saturated rings. The van der Waals surface area contributed by atoms with Crippen molar-refractivity contribution < 1.29 is 4.39 Å². The van der Waals surface area contributed by atoms with Gasteiger partial charge in [-0.1, -0.05) is 18.2 Å². The number of rotatable bonds is 1. The maximum Gasteiger partial charge on any atom is 0.123 e. The zero-order valence-electron chi connectivity index (χ0n) is 7.57. The van der Waals surface area contributed by atoms with E-state index in [4.69, 9.17) is 0 Å². The SMILES string of the molecule is [CH2]c1cccc(-c2cccc(F)c2)n1. The summed E-state index contributed by atoms with van der Waals surface area (Å²) in [5, 5.41) is 0. The predicted molar refractivity (Wildman–Crippen MR) is 54.1 cm³/mol. The maximum absolute atomic E-state index is 12.9. The Hall–Kier alpha value is -1.70. The minimum absolute atomic E-state index is 0.251. The first-order valence-electron chi connectivity index (χ1n) is 4.31. The molecule has 2 heteroatoms. The maximum atomic E-state index is 12.9. The number of halogens is 1. The molecule has 2 aromatic rings. The Labute approximate surface area is 82.2 Å². The van der Waals surface area contributed by atoms with Crippen LogP contribution in [-0.4, -0.2) is 4.98 Å². The summed E-state index contributed by atoms with van der Waals surface area (Å²) < 4.78 is 12.9. The summed E-state index contributed by atoms with van der Waals surface area (Å²) in [7, 11) is 0. The second kappa shape index (κ2) is 3.58. The van der Waals surface area contributed by atoms with Crippen molar-refractivity contribution in [1.29, 1.82) is 0 Å². The van der Waals surface area contributed by atoms with Crippen LogP contribution in [-0.2, 0) is 0 Å². The first-order valence-corrected chi connectivity index (χ1v) is 4.31. The molecule has 0 aliphatic heterocycles. The fourth-order valence-electron chi connectivity index (χ4n) is 1.29. The van der Waals surface area contributed by atoms with Crippen molar-refractivity contribution in [1.82, 2.24) is 4.98 Å². The third kappa shape index (κ3) is 1.79. The summed E-state index contributed by atoms with van der Waals surface area (Å²) in [4.78, 5) is 4.21. The van der Waals surface area contributed by atoms with E-state index in [0.29, 0.717) is 5.69 Å². The number of benzene rings is 1. The van der Waals surface area contributed by atoms with E-state index in [1.54, 1.807) is 6.07 Å². The van der Waals surface area contributed by atoms with Crippen LogP contribution in [0.15, 0.2) is 42.5 Å². The molecule has 0 N–H and O–H groups in total. The van der Waals surface area contributed by atoms with Crippen LogP contribution >= 0.6 is 0 Å². The van der Waals surface area contributed by atoms with Gasteiger partial charge in [0.15, 0.2) is 0 Å². The van der Waals surface area contributed by atoms with Gasteiger partial charge < -0.3 is 0 Å². The Morgan fingerprint density at radius 1 is 1.07 bits per heavy atom. The predicted octanol–water partition coefficient (Wildman–Crippen LogP) is 3.07. The van der Waals surface area contributed by atoms with Gasteiger partial charge in [-0.2, -0.15) is 0 Å². The minimum atomic E-state index is -0.251. The first kappa shape index (κ1) is 8.88. The van der Waals surface area contributed by atoms with Crippen LogP contribution in [0.1, 0.15) is 5.69 Å². The van der Waals surface area contributed by atoms with Crippen LogP contribution in [0.25, 0.3) is 11.3 Å². The molecular weight excluding hydrogens is 177 g/mol. The van der Waals surface area contributed by atoms with Crippen molar-refractivity contribution in [3.8, 4) is 11.3 Å². The van der Waals surface area contributed by atoms with Crippen LogP contribution < -0.4 is 0 Å². The Bertz CT molecular complexity index is 408. The fraction of sp³-hybridized carbons (Fsp3) is 0. The van der Waals surface area contributed by atoms with Gasteiger partial charge in [0, 0.05) is 11.3 Å². The Morgan fingerprint density at radius 2 is 1.86 bits per heavy atom. The smallest absolute Gasteiger partial charge is 0.123 e. The van der Waals surface area contributed by atoms with Gasteiger partial charge in [0.05, 0.1) is 5.69 Å². The molecule has 1 aromatic heterocycles. The van der Waals surface area contributed by atoms with Gasteiger partial charge in [-0.3, -0.25) is 4.98 Å². The van der Waals surface area contributed by atoms with Gasteiger partial charge in [-0.25, -0.2) is 4.39 Å². The Kier molecular flexibility index (Phi) is 2.27. The topological polar surface area (TPSA) is 12.9 Å². The van der Waals surface area contributed by atoms with Crippen LogP contribution in [0, 0.1) is 12.7 Å². The largest absolute Gasteiger partial charge is 0.253 e. The van der Waals surface area contributed by atoms with Crippen molar-refractivity contribution in [2.24, 2.45) is 0 Å². The quantitative estimate of drug-likeness (QED) is 0.667. The highest BCUT2D eigenvalue weighted by Crippen LogP contribution is 2.17. The highest BCUT2D eigenvalue weighted by atomic mass is 19.1. The fourth-order valence-corrected chi connectivity index (χ4v) is 1.29. The number of hydrogen-bond acceptors (Lipinski definition) is 1. The highest BCUT2D eigenvalue weighted by Gasteiger charge is 1.99. The van der Waals surface area contributed by atoms with E-state index in [1.165, 1.54) is 12.1 Å². The molecule has 0 amide bonds. The van der Waals surface area contributed by atoms with Crippen molar-refractivity contribution in [2.45, 2.75) is 0 Å². The molecule has 0 aliphatic rings. The van der Waals surface area contributed by atoms with E-state index in [0.717, 1.165) is 11.3 Å². The molecule has 0 unspecified atom stereocenters. The van der Waals surface area contributed by atoms with E-state index < -0.39 is 0 Å². The van der Waals surface area contributed by atoms with E-state index in [2.05, 4.69) is 11.9 Å². The van der Waals surface area contributed by atoms with Gasteiger partial charge in [0.2, 0.25) is 0 Å². The van der Waals surface area contributed by atoms with E-state index in [1.807, 2.05) is 24.3 Å². The summed E-state index contributed by atoms with van der Waals surface area (Å²) in [6, 6.07) is 11.9. The zero-order chi connectivity index (χ0) is 9.97. The molecule has 0 aliphatic carbocycles. The van der Waals surface area contributed by atoms with Gasteiger partial charge >= 0.3 is 0 Å². The van der Waals surface area contributed by atoms with E-state index in [9.17, 15) is 4.39 Å². The van der Waals surface area contributed by atoms with Gasteiger partial charge in [0.25, 0.3) is 0 Å². The lowest BCUT2D eigenvalue weighted by Gasteiger charge is -2.01. The summed E-state index contributed by atoms with van der Waals surface area (Å²) >= 11 is 0. The van der Waals surface area contributed by atoms with Gasteiger partial charge in [-0.05, 0) is 31.2 Å². The molecule has 14 heavy (non-hydrogen) atoms. The monoisotopic (exact) mass is 186 g/mol. The van der Waals surface area contributed by atoms with Gasteiger partial charge in [0.1, 0.15) is 5.82 Å². The number of aromatic nitrogens is 1. The normalized spacial score (nSPS) is 10.1. The zero-order valence-corrected chi connectivity index (χ0v) is 7.57. The third-order valence-electron chi connectivity index (χ3n) is 1.93. The summed E-state index contributed by atoms with van der Waals surface area (Å²) in [5.74, 6) is -0.251. The van der Waals surface area contributed by atoms with Crippen LogP contribution in [0.4, 0.5) is 4.39 Å². The molecule has 0 bridgehead atoms. The van der Waals surface area contributed by atoms with Crippen molar-refractivity contribution >= 4 is 0 Å². The molecule has 1 heterocycles. The highest BCUT2D eigenvalue weighted by molar-refractivity contribution is 5.59. The molecule has 0 atom stereocenters. The second-order valence-corrected chi connectivity index (χ2v) is 3.02. The lowest BCUT2D eigenvalue weighted by Crippen LogP contribution is -1.86. The van der Waals surface area contributed by atoms with Crippen molar-refractivity contribution in [3.63, 3.8) is 0 Å². The van der Waals surface area contributed by atoms with Crippen LogP contribution in [0.5, 0.6) is 0 Å². The second-order valence-electron chi connectivity index (χ2n) is 3.02. The molecule has 69 valence electrons. The minimum Gasteiger partial charge on any atom is -0.253 e.